The highest BCUT2D eigenvalue weighted by molar-refractivity contribution is 7.14. The SMILES string of the molecule is CCOC(=O)c1csc(Nc2nc(N3C[C@H]4C[C@@H]3C[C@H]4NC(=O)OC(C)(C)C)c3c(n2)[nH]c2c(N(C)C(=O)OC(C)(C)C)cc(F)cc23)n1. The molecule has 14 nitrogen and oxygen atoms in total. The van der Waals surface area contributed by atoms with Gasteiger partial charge in [0.1, 0.15) is 28.5 Å². The lowest BCUT2D eigenvalue weighted by molar-refractivity contribution is 0.0487. The number of ether oxygens (including phenoxy) is 3. The molecule has 0 unspecified atom stereocenters. The molecule has 2 bridgehead atoms. The first-order valence-electron chi connectivity index (χ1n) is 16.1. The predicted octanol–water partition coefficient (Wildman–Crippen LogP) is 6.49. The van der Waals surface area contributed by atoms with Gasteiger partial charge < -0.3 is 29.4 Å². The fraction of sp³-hybridized carbons (Fsp3) is 0.515. The van der Waals surface area contributed by atoms with Gasteiger partial charge in [-0.15, -0.1) is 11.3 Å². The van der Waals surface area contributed by atoms with E-state index < -0.39 is 35.2 Å². The van der Waals surface area contributed by atoms with Crippen LogP contribution < -0.4 is 20.4 Å². The van der Waals surface area contributed by atoms with Crippen LogP contribution in [0.2, 0.25) is 0 Å². The molecule has 4 aromatic rings. The van der Waals surface area contributed by atoms with Crippen LogP contribution >= 0.6 is 11.3 Å². The molecular weight excluding hydrogens is 655 g/mol. The number of piperidine rings is 1. The Bertz CT molecular complexity index is 1930. The number of anilines is 4. The third-order valence-electron chi connectivity index (χ3n) is 8.24. The number of H-pyrrole nitrogens is 1. The van der Waals surface area contributed by atoms with E-state index in [0.29, 0.717) is 45.9 Å². The van der Waals surface area contributed by atoms with Gasteiger partial charge >= 0.3 is 18.2 Å². The van der Waals surface area contributed by atoms with Crippen LogP contribution in [0.5, 0.6) is 0 Å². The minimum atomic E-state index is -0.758. The van der Waals surface area contributed by atoms with Crippen molar-refractivity contribution in [3.8, 4) is 0 Å². The van der Waals surface area contributed by atoms with Gasteiger partial charge in [0.25, 0.3) is 0 Å². The first-order valence-corrected chi connectivity index (χ1v) is 17.0. The van der Waals surface area contributed by atoms with Crippen LogP contribution in [0.15, 0.2) is 17.5 Å². The van der Waals surface area contributed by atoms with Gasteiger partial charge in [-0.05, 0) is 79.4 Å². The van der Waals surface area contributed by atoms with Crippen molar-refractivity contribution < 1.29 is 33.0 Å². The van der Waals surface area contributed by atoms with E-state index in [4.69, 9.17) is 24.2 Å². The number of carbonyl (C=O) groups is 3. The molecule has 1 saturated heterocycles. The number of nitrogens with one attached hydrogen (secondary N) is 3. The molecule has 3 aromatic heterocycles. The number of aromatic amines is 1. The van der Waals surface area contributed by atoms with E-state index >= 15 is 4.39 Å². The van der Waals surface area contributed by atoms with Crippen molar-refractivity contribution in [2.45, 2.75) is 84.6 Å². The van der Waals surface area contributed by atoms with Crippen LogP contribution in [-0.4, -0.2) is 81.6 Å². The Labute approximate surface area is 286 Å². The number of hydrogen-bond donors (Lipinski definition) is 3. The lowest BCUT2D eigenvalue weighted by atomic mass is 10.0. The highest BCUT2D eigenvalue weighted by Gasteiger charge is 2.47. The quantitative estimate of drug-likeness (QED) is 0.143. The number of esters is 1. The minimum absolute atomic E-state index is 0.0218. The summed E-state index contributed by atoms with van der Waals surface area (Å²) >= 11 is 1.20. The Morgan fingerprint density at radius 1 is 1.08 bits per heavy atom. The summed E-state index contributed by atoms with van der Waals surface area (Å²) in [6, 6.07) is 2.62. The number of nitrogens with zero attached hydrogens (tertiary/aromatic N) is 5. The largest absolute Gasteiger partial charge is 0.461 e. The second-order valence-corrected chi connectivity index (χ2v) is 15.1. The molecule has 49 heavy (non-hydrogen) atoms. The molecule has 0 radical (unpaired) electrons. The second-order valence-electron chi connectivity index (χ2n) is 14.3. The highest BCUT2D eigenvalue weighted by atomic mass is 32.1. The Hall–Kier alpha value is -4.73. The number of carbonyl (C=O) groups excluding carboxylic acids is 3. The van der Waals surface area contributed by atoms with Crippen LogP contribution in [-0.2, 0) is 14.2 Å². The zero-order valence-electron chi connectivity index (χ0n) is 28.8. The number of fused-ring (bicyclic) bond motifs is 5. The summed E-state index contributed by atoms with van der Waals surface area (Å²) in [5.74, 6) is -0.203. The van der Waals surface area contributed by atoms with E-state index in [0.717, 1.165) is 6.42 Å². The topological polar surface area (TPSA) is 164 Å². The van der Waals surface area contributed by atoms with Crippen LogP contribution in [0.4, 0.5) is 36.6 Å². The number of hydrogen-bond acceptors (Lipinski definition) is 12. The summed E-state index contributed by atoms with van der Waals surface area (Å²) in [6.45, 7) is 13.3. The maximum atomic E-state index is 15.3. The molecule has 2 amide bonds. The third-order valence-corrected chi connectivity index (χ3v) is 8.99. The molecule has 3 N–H and O–H groups in total. The number of rotatable bonds is 7. The average molecular weight is 697 g/mol. The Kier molecular flexibility index (Phi) is 8.79. The molecule has 3 atom stereocenters. The smallest absolute Gasteiger partial charge is 0.414 e. The average Bonchev–Trinajstić information content (AvgIpc) is 3.77. The van der Waals surface area contributed by atoms with Crippen LogP contribution in [0, 0.1) is 11.7 Å². The van der Waals surface area contributed by atoms with Gasteiger partial charge in [-0.3, -0.25) is 10.2 Å². The van der Waals surface area contributed by atoms with Gasteiger partial charge in [-0.1, -0.05) is 0 Å². The van der Waals surface area contributed by atoms with Gasteiger partial charge in [-0.25, -0.2) is 23.8 Å². The number of benzene rings is 1. The van der Waals surface area contributed by atoms with Crippen molar-refractivity contribution in [1.82, 2.24) is 25.3 Å². The molecule has 1 aliphatic heterocycles. The lowest BCUT2D eigenvalue weighted by Crippen LogP contribution is -2.47. The van der Waals surface area contributed by atoms with Crippen molar-refractivity contribution in [2.24, 2.45) is 5.92 Å². The number of halogens is 1. The molecule has 2 fully saturated rings. The minimum Gasteiger partial charge on any atom is -0.461 e. The first kappa shape index (κ1) is 34.1. The predicted molar refractivity (Wildman–Crippen MR) is 184 cm³/mol. The number of alkyl carbamates (subject to hydrolysis) is 1. The van der Waals surface area contributed by atoms with Crippen LogP contribution in [0.3, 0.4) is 0 Å². The van der Waals surface area contributed by atoms with Crippen LogP contribution in [0.25, 0.3) is 21.9 Å². The van der Waals surface area contributed by atoms with Gasteiger partial charge in [0.15, 0.2) is 10.8 Å². The zero-order valence-corrected chi connectivity index (χ0v) is 29.6. The second kappa shape index (κ2) is 12.6. The molecule has 262 valence electrons. The van der Waals surface area contributed by atoms with E-state index in [1.165, 1.54) is 35.4 Å². The standard InChI is InChI=1S/C33H41FN8O6S/c1-9-46-27(43)21-15-49-29(35-21)40-28-38-25-23(19-11-17(34)12-22(24(19)37-25)41(8)31(45)48-33(5,6)7)26(39-28)42-14-16-10-18(42)13-20(16)36-30(44)47-32(2,3)4/h11-12,15-16,18,20H,9-10,13-14H2,1-8H3,(H,36,44)(H2,35,37,38,39,40)/t16-,18-,20-/m1/s1. The summed E-state index contributed by atoms with van der Waals surface area (Å²) in [7, 11) is 1.52. The summed E-state index contributed by atoms with van der Waals surface area (Å²) in [5, 5.41) is 9.19. The summed E-state index contributed by atoms with van der Waals surface area (Å²) in [5.41, 5.74) is -0.0612. The van der Waals surface area contributed by atoms with E-state index in [-0.39, 0.29) is 41.9 Å². The molecule has 4 heterocycles. The zero-order chi connectivity index (χ0) is 35.4. The van der Waals surface area contributed by atoms with E-state index in [1.807, 2.05) is 20.8 Å². The molecule has 1 saturated carbocycles. The van der Waals surface area contributed by atoms with E-state index in [2.05, 4.69) is 25.5 Å². The van der Waals surface area contributed by atoms with E-state index in [1.54, 1.807) is 33.1 Å². The van der Waals surface area contributed by atoms with Gasteiger partial charge in [-0.2, -0.15) is 9.97 Å². The van der Waals surface area contributed by atoms with Crippen molar-refractivity contribution in [2.75, 3.05) is 35.3 Å². The normalized spacial score (nSPS) is 19.0. The molecule has 16 heteroatoms. The van der Waals surface area contributed by atoms with Crippen molar-refractivity contribution in [3.63, 3.8) is 0 Å². The highest BCUT2D eigenvalue weighted by Crippen LogP contribution is 2.45. The number of amides is 2. The fourth-order valence-electron chi connectivity index (χ4n) is 6.36. The van der Waals surface area contributed by atoms with Crippen molar-refractivity contribution in [3.05, 3.63) is 29.0 Å². The van der Waals surface area contributed by atoms with Gasteiger partial charge in [0.05, 0.1) is 23.2 Å². The fourth-order valence-corrected chi connectivity index (χ4v) is 7.03. The third kappa shape index (κ3) is 7.19. The molecule has 0 spiro atoms. The molecular formula is C33H41FN8O6S. The Morgan fingerprint density at radius 3 is 2.47 bits per heavy atom. The van der Waals surface area contributed by atoms with Crippen molar-refractivity contribution in [1.29, 1.82) is 0 Å². The first-order chi connectivity index (χ1) is 23.0. The lowest BCUT2D eigenvalue weighted by Gasteiger charge is -2.33. The van der Waals surface area contributed by atoms with Crippen molar-refractivity contribution >= 4 is 74.0 Å². The maximum Gasteiger partial charge on any atom is 0.414 e. The Morgan fingerprint density at radius 2 is 1.82 bits per heavy atom. The maximum absolute atomic E-state index is 15.3. The summed E-state index contributed by atoms with van der Waals surface area (Å²) < 4.78 is 31.5. The van der Waals surface area contributed by atoms with Gasteiger partial charge in [0.2, 0.25) is 5.95 Å². The van der Waals surface area contributed by atoms with E-state index in [9.17, 15) is 14.4 Å². The molecule has 1 aliphatic carbocycles. The molecule has 2 aliphatic rings. The molecule has 1 aromatic carbocycles. The monoisotopic (exact) mass is 696 g/mol. The molecule has 6 rings (SSSR count). The summed E-state index contributed by atoms with van der Waals surface area (Å²) in [4.78, 5) is 58.6. The Balaban J connectivity index is 1.40. The van der Waals surface area contributed by atoms with Gasteiger partial charge in [0, 0.05) is 36.4 Å². The van der Waals surface area contributed by atoms with Crippen LogP contribution in [0.1, 0.15) is 71.8 Å². The number of thiazole rings is 1. The number of aromatic nitrogens is 4. The summed E-state index contributed by atoms with van der Waals surface area (Å²) in [6.07, 6.45) is 0.379.